The molecule has 20 heavy (non-hydrogen) atoms. The van der Waals surface area contributed by atoms with Crippen LogP contribution in [0.2, 0.25) is 0 Å². The van der Waals surface area contributed by atoms with Crippen LogP contribution >= 0.6 is 15.9 Å². The van der Waals surface area contributed by atoms with Gasteiger partial charge in [-0.05, 0) is 46.1 Å². The van der Waals surface area contributed by atoms with E-state index in [1.54, 1.807) is 0 Å². The van der Waals surface area contributed by atoms with E-state index in [0.717, 1.165) is 21.2 Å². The van der Waals surface area contributed by atoms with Gasteiger partial charge in [0.1, 0.15) is 0 Å². The van der Waals surface area contributed by atoms with Crippen molar-refractivity contribution >= 4 is 21.8 Å². The fraction of sp³-hybridized carbons (Fsp3) is 0.188. The van der Waals surface area contributed by atoms with Gasteiger partial charge in [-0.1, -0.05) is 35.9 Å². The van der Waals surface area contributed by atoms with Gasteiger partial charge in [0.2, 0.25) is 0 Å². The van der Waals surface area contributed by atoms with Gasteiger partial charge in [-0.25, -0.2) is 0 Å². The lowest BCUT2D eigenvalue weighted by molar-refractivity contribution is 0.0950. The molecule has 0 heterocycles. The van der Waals surface area contributed by atoms with Crippen LogP contribution in [-0.4, -0.2) is 5.91 Å². The Balaban J connectivity index is 2.02. The molecule has 3 nitrogen and oxygen atoms in total. The molecule has 0 aromatic heterocycles. The molecule has 0 fully saturated rings. The van der Waals surface area contributed by atoms with Gasteiger partial charge < -0.3 is 11.1 Å². The maximum Gasteiger partial charge on any atom is 0.252 e. The van der Waals surface area contributed by atoms with Crippen molar-refractivity contribution in [1.82, 2.24) is 5.32 Å². The zero-order valence-electron chi connectivity index (χ0n) is 11.3. The van der Waals surface area contributed by atoms with Gasteiger partial charge in [-0.3, -0.25) is 4.79 Å². The molecule has 0 unspecified atom stereocenters. The Labute approximate surface area is 127 Å². The summed E-state index contributed by atoms with van der Waals surface area (Å²) in [6.07, 6.45) is 0. The summed E-state index contributed by atoms with van der Waals surface area (Å²) < 4.78 is 0.805. The predicted molar refractivity (Wildman–Crippen MR) is 84.4 cm³/mol. The van der Waals surface area contributed by atoms with E-state index >= 15 is 0 Å². The van der Waals surface area contributed by atoms with E-state index in [9.17, 15) is 4.79 Å². The standard InChI is InChI=1S/C16H17BrN2O/c1-11-2-7-15(17)14(8-11)16(20)19-10-13-5-3-12(9-18)4-6-13/h2-8H,9-10,18H2,1H3,(H,19,20). The quantitative estimate of drug-likeness (QED) is 0.903. The first kappa shape index (κ1) is 14.8. The lowest BCUT2D eigenvalue weighted by Gasteiger charge is -2.08. The maximum absolute atomic E-state index is 12.2. The first-order chi connectivity index (χ1) is 9.60. The highest BCUT2D eigenvalue weighted by Gasteiger charge is 2.09. The summed E-state index contributed by atoms with van der Waals surface area (Å²) in [5.74, 6) is -0.0801. The van der Waals surface area contributed by atoms with E-state index in [1.807, 2.05) is 49.4 Å². The topological polar surface area (TPSA) is 55.1 Å². The molecule has 0 bridgehead atoms. The molecule has 0 saturated carbocycles. The lowest BCUT2D eigenvalue weighted by Crippen LogP contribution is -2.23. The fourth-order valence-corrected chi connectivity index (χ4v) is 2.31. The van der Waals surface area contributed by atoms with E-state index in [1.165, 1.54) is 0 Å². The average molecular weight is 333 g/mol. The Bertz CT molecular complexity index is 608. The molecule has 0 spiro atoms. The van der Waals surface area contributed by atoms with E-state index < -0.39 is 0 Å². The van der Waals surface area contributed by atoms with Gasteiger partial charge in [-0.15, -0.1) is 0 Å². The van der Waals surface area contributed by atoms with Gasteiger partial charge in [0.25, 0.3) is 5.91 Å². The van der Waals surface area contributed by atoms with Crippen LogP contribution < -0.4 is 11.1 Å². The molecule has 2 rings (SSSR count). The molecule has 0 saturated heterocycles. The van der Waals surface area contributed by atoms with Crippen molar-refractivity contribution < 1.29 is 4.79 Å². The fourth-order valence-electron chi connectivity index (χ4n) is 1.88. The van der Waals surface area contributed by atoms with Crippen LogP contribution in [-0.2, 0) is 13.1 Å². The minimum absolute atomic E-state index is 0.0801. The van der Waals surface area contributed by atoms with Crippen molar-refractivity contribution in [2.75, 3.05) is 0 Å². The van der Waals surface area contributed by atoms with Gasteiger partial charge in [0.05, 0.1) is 5.56 Å². The van der Waals surface area contributed by atoms with Crippen molar-refractivity contribution in [2.45, 2.75) is 20.0 Å². The monoisotopic (exact) mass is 332 g/mol. The SMILES string of the molecule is Cc1ccc(Br)c(C(=O)NCc2ccc(CN)cc2)c1. The van der Waals surface area contributed by atoms with Crippen molar-refractivity contribution in [3.05, 3.63) is 69.2 Å². The van der Waals surface area contributed by atoms with Crippen molar-refractivity contribution in [1.29, 1.82) is 0 Å². The van der Waals surface area contributed by atoms with E-state index in [0.29, 0.717) is 18.7 Å². The third kappa shape index (κ3) is 3.68. The highest BCUT2D eigenvalue weighted by atomic mass is 79.9. The molecule has 3 N–H and O–H groups in total. The van der Waals surface area contributed by atoms with Crippen molar-refractivity contribution in [2.24, 2.45) is 5.73 Å². The van der Waals surface area contributed by atoms with Crippen LogP contribution in [0.3, 0.4) is 0 Å². The smallest absolute Gasteiger partial charge is 0.252 e. The number of carbonyl (C=O) groups is 1. The Hall–Kier alpha value is -1.65. The average Bonchev–Trinajstić information content (AvgIpc) is 2.47. The molecule has 0 radical (unpaired) electrons. The van der Waals surface area contributed by atoms with Crippen molar-refractivity contribution in [3.8, 4) is 0 Å². The number of carbonyl (C=O) groups excluding carboxylic acids is 1. The Morgan fingerprint density at radius 2 is 1.80 bits per heavy atom. The second kappa shape index (κ2) is 6.68. The minimum atomic E-state index is -0.0801. The van der Waals surface area contributed by atoms with Crippen LogP contribution in [0.4, 0.5) is 0 Å². The largest absolute Gasteiger partial charge is 0.348 e. The number of nitrogens with one attached hydrogen (secondary N) is 1. The van der Waals surface area contributed by atoms with Crippen LogP contribution in [0.25, 0.3) is 0 Å². The summed E-state index contributed by atoms with van der Waals surface area (Å²) in [5.41, 5.74) is 9.41. The zero-order chi connectivity index (χ0) is 14.5. The molecule has 1 amide bonds. The summed E-state index contributed by atoms with van der Waals surface area (Å²) >= 11 is 3.40. The van der Waals surface area contributed by atoms with E-state index in [4.69, 9.17) is 5.73 Å². The molecular weight excluding hydrogens is 316 g/mol. The molecule has 0 aliphatic rings. The number of nitrogens with two attached hydrogens (primary N) is 1. The summed E-state index contributed by atoms with van der Waals surface area (Å²) in [6.45, 7) is 3.00. The summed E-state index contributed by atoms with van der Waals surface area (Å²) in [6, 6.07) is 13.6. The number of hydrogen-bond donors (Lipinski definition) is 2. The predicted octanol–water partition coefficient (Wildman–Crippen LogP) is 3.15. The maximum atomic E-state index is 12.2. The van der Waals surface area contributed by atoms with Crippen molar-refractivity contribution in [3.63, 3.8) is 0 Å². The summed E-state index contributed by atoms with van der Waals surface area (Å²) in [5, 5.41) is 2.92. The second-order valence-corrected chi connectivity index (χ2v) is 5.54. The Kier molecular flexibility index (Phi) is 4.93. The van der Waals surface area contributed by atoms with Gasteiger partial charge >= 0.3 is 0 Å². The van der Waals surface area contributed by atoms with Crippen LogP contribution in [0, 0.1) is 6.92 Å². The minimum Gasteiger partial charge on any atom is -0.348 e. The number of rotatable bonds is 4. The zero-order valence-corrected chi connectivity index (χ0v) is 12.9. The van der Waals surface area contributed by atoms with Crippen LogP contribution in [0.5, 0.6) is 0 Å². The molecule has 2 aromatic rings. The third-order valence-corrected chi connectivity index (χ3v) is 3.77. The first-order valence-corrected chi connectivity index (χ1v) is 7.21. The third-order valence-electron chi connectivity index (χ3n) is 3.08. The molecule has 0 aliphatic heterocycles. The molecule has 2 aromatic carbocycles. The molecule has 4 heteroatoms. The summed E-state index contributed by atoms with van der Waals surface area (Å²) in [4.78, 5) is 12.2. The second-order valence-electron chi connectivity index (χ2n) is 4.69. The van der Waals surface area contributed by atoms with Crippen LogP contribution in [0.15, 0.2) is 46.9 Å². The van der Waals surface area contributed by atoms with Crippen LogP contribution in [0.1, 0.15) is 27.0 Å². The van der Waals surface area contributed by atoms with Gasteiger partial charge in [0, 0.05) is 17.6 Å². The number of benzene rings is 2. The van der Waals surface area contributed by atoms with E-state index in [2.05, 4.69) is 21.2 Å². The Morgan fingerprint density at radius 1 is 1.15 bits per heavy atom. The summed E-state index contributed by atoms with van der Waals surface area (Å²) in [7, 11) is 0. The molecule has 104 valence electrons. The Morgan fingerprint density at radius 3 is 2.45 bits per heavy atom. The molecule has 0 aliphatic carbocycles. The van der Waals surface area contributed by atoms with E-state index in [-0.39, 0.29) is 5.91 Å². The molecule has 0 atom stereocenters. The van der Waals surface area contributed by atoms with Gasteiger partial charge in [-0.2, -0.15) is 0 Å². The normalized spacial score (nSPS) is 10.3. The lowest BCUT2D eigenvalue weighted by atomic mass is 10.1. The first-order valence-electron chi connectivity index (χ1n) is 6.42. The number of amides is 1. The van der Waals surface area contributed by atoms with Gasteiger partial charge in [0.15, 0.2) is 0 Å². The number of halogens is 1. The number of hydrogen-bond acceptors (Lipinski definition) is 2. The molecular formula is C16H17BrN2O. The highest BCUT2D eigenvalue weighted by Crippen LogP contribution is 2.18. The highest BCUT2D eigenvalue weighted by molar-refractivity contribution is 9.10. The number of aryl methyl sites for hydroxylation is 1.